The number of unbranched alkanes of at least 4 members (excludes halogenated alkanes) is 2. The Labute approximate surface area is 172 Å². The SMILES string of the molecule is CCCCCC(=O)N1C(c2ccc(OC)cc2OC)O[C@@H](C(=O)O)[C@@H]1CC(C)C. The van der Waals surface area contributed by atoms with Crippen LogP contribution in [0.15, 0.2) is 18.2 Å². The molecule has 3 atom stereocenters. The van der Waals surface area contributed by atoms with E-state index in [1.165, 1.54) is 7.11 Å². The first-order chi connectivity index (χ1) is 13.8. The molecule has 1 aromatic rings. The number of carboxylic acids is 1. The van der Waals surface area contributed by atoms with Crippen molar-refractivity contribution >= 4 is 11.9 Å². The van der Waals surface area contributed by atoms with Crippen molar-refractivity contribution in [2.75, 3.05) is 14.2 Å². The Balaban J connectivity index is 2.46. The van der Waals surface area contributed by atoms with Gasteiger partial charge in [0.15, 0.2) is 12.3 Å². The molecule has 0 aliphatic carbocycles. The first-order valence-electron chi connectivity index (χ1n) is 10.2. The first-order valence-corrected chi connectivity index (χ1v) is 10.2. The minimum absolute atomic E-state index is 0.0873. The van der Waals surface area contributed by atoms with Crippen molar-refractivity contribution < 1.29 is 28.9 Å². The average molecular weight is 408 g/mol. The fraction of sp³-hybridized carbons (Fsp3) is 0.636. The Morgan fingerprint density at radius 1 is 1.21 bits per heavy atom. The van der Waals surface area contributed by atoms with E-state index in [4.69, 9.17) is 14.2 Å². The second-order valence-corrected chi connectivity index (χ2v) is 7.81. The van der Waals surface area contributed by atoms with Crippen LogP contribution in [0.5, 0.6) is 11.5 Å². The highest BCUT2D eigenvalue weighted by molar-refractivity contribution is 5.80. The van der Waals surface area contributed by atoms with Crippen LogP contribution >= 0.6 is 0 Å². The Morgan fingerprint density at radius 3 is 2.48 bits per heavy atom. The average Bonchev–Trinajstić information content (AvgIpc) is 3.06. The summed E-state index contributed by atoms with van der Waals surface area (Å²) in [4.78, 5) is 26.7. The molecule has 1 aliphatic heterocycles. The van der Waals surface area contributed by atoms with E-state index >= 15 is 0 Å². The van der Waals surface area contributed by atoms with Crippen LogP contribution in [0.4, 0.5) is 0 Å². The maximum atomic E-state index is 13.2. The van der Waals surface area contributed by atoms with Crippen molar-refractivity contribution in [1.29, 1.82) is 0 Å². The summed E-state index contributed by atoms with van der Waals surface area (Å²) in [5.74, 6) is 0.175. The van der Waals surface area contributed by atoms with Gasteiger partial charge in [-0.25, -0.2) is 4.79 Å². The topological polar surface area (TPSA) is 85.3 Å². The van der Waals surface area contributed by atoms with Crippen molar-refractivity contribution in [2.45, 2.75) is 71.2 Å². The van der Waals surface area contributed by atoms with Gasteiger partial charge in [0.1, 0.15) is 11.5 Å². The molecule has 1 fully saturated rings. The number of benzene rings is 1. The van der Waals surface area contributed by atoms with E-state index in [1.54, 1.807) is 30.2 Å². The zero-order valence-electron chi connectivity index (χ0n) is 18.0. The number of nitrogens with zero attached hydrogens (tertiary/aromatic N) is 1. The van der Waals surface area contributed by atoms with Crippen molar-refractivity contribution in [1.82, 2.24) is 4.90 Å². The number of rotatable bonds is 10. The van der Waals surface area contributed by atoms with Crippen LogP contribution < -0.4 is 9.47 Å². The van der Waals surface area contributed by atoms with E-state index in [1.807, 2.05) is 13.8 Å². The lowest BCUT2D eigenvalue weighted by molar-refractivity contribution is -0.151. The smallest absolute Gasteiger partial charge is 0.335 e. The van der Waals surface area contributed by atoms with Crippen LogP contribution in [0.25, 0.3) is 0 Å². The van der Waals surface area contributed by atoms with Gasteiger partial charge in [-0.05, 0) is 30.9 Å². The molecule has 0 spiro atoms. The van der Waals surface area contributed by atoms with Crippen LogP contribution in [-0.2, 0) is 14.3 Å². The zero-order chi connectivity index (χ0) is 21.6. The molecule has 29 heavy (non-hydrogen) atoms. The molecule has 1 heterocycles. The predicted molar refractivity (Wildman–Crippen MR) is 109 cm³/mol. The molecule has 1 amide bonds. The van der Waals surface area contributed by atoms with E-state index in [2.05, 4.69) is 6.92 Å². The third-order valence-corrected chi connectivity index (χ3v) is 5.18. The van der Waals surface area contributed by atoms with Crippen LogP contribution in [0.3, 0.4) is 0 Å². The Morgan fingerprint density at radius 2 is 1.93 bits per heavy atom. The van der Waals surface area contributed by atoms with Gasteiger partial charge in [-0.1, -0.05) is 33.6 Å². The van der Waals surface area contributed by atoms with Crippen molar-refractivity contribution in [3.8, 4) is 11.5 Å². The van der Waals surface area contributed by atoms with E-state index in [9.17, 15) is 14.7 Å². The molecule has 0 saturated carbocycles. The van der Waals surface area contributed by atoms with Gasteiger partial charge in [-0.3, -0.25) is 4.79 Å². The number of hydrogen-bond donors (Lipinski definition) is 1. The standard InChI is InChI=1S/C22H33NO6/c1-6-7-8-9-19(24)23-17(12-14(2)3)20(22(25)26)29-21(23)16-11-10-15(27-4)13-18(16)28-5/h10-11,13-14,17,20-21H,6-9,12H2,1-5H3,(H,25,26)/t17-,20+,21?/m0/s1. The molecule has 1 unspecified atom stereocenters. The van der Waals surface area contributed by atoms with Crippen molar-refractivity contribution in [2.24, 2.45) is 5.92 Å². The fourth-order valence-electron chi connectivity index (χ4n) is 3.77. The Kier molecular flexibility index (Phi) is 8.32. The lowest BCUT2D eigenvalue weighted by atomic mass is 9.97. The van der Waals surface area contributed by atoms with Crippen LogP contribution in [0, 0.1) is 5.92 Å². The summed E-state index contributed by atoms with van der Waals surface area (Å²) >= 11 is 0. The maximum Gasteiger partial charge on any atom is 0.335 e. The quantitative estimate of drug-likeness (QED) is 0.590. The van der Waals surface area contributed by atoms with E-state index in [-0.39, 0.29) is 11.8 Å². The maximum absolute atomic E-state index is 13.2. The van der Waals surface area contributed by atoms with Crippen molar-refractivity contribution in [3.63, 3.8) is 0 Å². The summed E-state index contributed by atoms with van der Waals surface area (Å²) in [6, 6.07) is 4.71. The molecule has 0 bridgehead atoms. The number of hydrogen-bond acceptors (Lipinski definition) is 5. The molecule has 0 aromatic heterocycles. The molecule has 2 rings (SSSR count). The van der Waals surface area contributed by atoms with Crippen molar-refractivity contribution in [3.05, 3.63) is 23.8 Å². The lowest BCUT2D eigenvalue weighted by Crippen LogP contribution is -2.43. The van der Waals surface area contributed by atoms with Gasteiger partial charge in [0.2, 0.25) is 5.91 Å². The van der Waals surface area contributed by atoms with Gasteiger partial charge in [-0.2, -0.15) is 0 Å². The van der Waals surface area contributed by atoms with Crippen LogP contribution in [0.1, 0.15) is 64.7 Å². The van der Waals surface area contributed by atoms with E-state index in [0.29, 0.717) is 29.9 Å². The monoisotopic (exact) mass is 407 g/mol. The highest BCUT2D eigenvalue weighted by atomic mass is 16.6. The highest BCUT2D eigenvalue weighted by Crippen LogP contribution is 2.42. The molecule has 162 valence electrons. The number of methoxy groups -OCH3 is 2. The number of carboxylic acid groups (broad SMARTS) is 1. The molecule has 1 aromatic carbocycles. The molecule has 7 heteroatoms. The Bertz CT molecular complexity index is 705. The highest BCUT2D eigenvalue weighted by Gasteiger charge is 2.49. The summed E-state index contributed by atoms with van der Waals surface area (Å²) in [6.45, 7) is 6.11. The Hall–Kier alpha value is -2.28. The second kappa shape index (κ2) is 10.5. The summed E-state index contributed by atoms with van der Waals surface area (Å²) in [6.07, 6.45) is 1.75. The molecule has 7 nitrogen and oxygen atoms in total. The summed E-state index contributed by atoms with van der Waals surface area (Å²) in [5.41, 5.74) is 0.620. The van der Waals surface area contributed by atoms with Crippen LogP contribution in [-0.4, -0.2) is 48.2 Å². The van der Waals surface area contributed by atoms with Gasteiger partial charge in [-0.15, -0.1) is 0 Å². The zero-order valence-corrected chi connectivity index (χ0v) is 18.0. The molecule has 1 N–H and O–H groups in total. The number of amides is 1. The summed E-state index contributed by atoms with van der Waals surface area (Å²) in [7, 11) is 3.09. The largest absolute Gasteiger partial charge is 0.497 e. The second-order valence-electron chi connectivity index (χ2n) is 7.81. The van der Waals surface area contributed by atoms with Gasteiger partial charge in [0.25, 0.3) is 0 Å². The minimum Gasteiger partial charge on any atom is -0.497 e. The number of aliphatic carboxylic acids is 1. The third-order valence-electron chi connectivity index (χ3n) is 5.18. The molecular weight excluding hydrogens is 374 g/mol. The number of carbonyl (C=O) groups excluding carboxylic acids is 1. The minimum atomic E-state index is -1.08. The van der Waals surface area contributed by atoms with Gasteiger partial charge < -0.3 is 24.2 Å². The van der Waals surface area contributed by atoms with Gasteiger partial charge >= 0.3 is 5.97 Å². The van der Waals surface area contributed by atoms with E-state index < -0.39 is 24.3 Å². The van der Waals surface area contributed by atoms with E-state index in [0.717, 1.165) is 19.3 Å². The normalized spacial score (nSPS) is 21.4. The third kappa shape index (κ3) is 5.41. The first kappa shape index (κ1) is 23.0. The molecule has 1 aliphatic rings. The summed E-state index contributed by atoms with van der Waals surface area (Å²) in [5, 5.41) is 9.77. The lowest BCUT2D eigenvalue weighted by Gasteiger charge is -2.30. The summed E-state index contributed by atoms with van der Waals surface area (Å²) < 4.78 is 16.7. The number of ether oxygens (including phenoxy) is 3. The molecule has 0 radical (unpaired) electrons. The molecule has 1 saturated heterocycles. The fourth-order valence-corrected chi connectivity index (χ4v) is 3.77. The van der Waals surface area contributed by atoms with Gasteiger partial charge in [0, 0.05) is 18.1 Å². The number of carbonyl (C=O) groups is 2. The predicted octanol–water partition coefficient (Wildman–Crippen LogP) is 4.01. The molecular formula is C22H33NO6. The van der Waals surface area contributed by atoms with Gasteiger partial charge in [0.05, 0.1) is 20.3 Å². The van der Waals surface area contributed by atoms with Crippen LogP contribution in [0.2, 0.25) is 0 Å².